The molecule has 0 bridgehead atoms. The molecule has 0 amide bonds. The molecule has 0 fully saturated rings. The van der Waals surface area contributed by atoms with Crippen LogP contribution in [0, 0.1) is 6.92 Å². The number of hydrogen-bond donors (Lipinski definition) is 2. The van der Waals surface area contributed by atoms with E-state index in [0.717, 1.165) is 17.3 Å². The standard InChI is InChI=1S/C14H18O4S/c1-9-3-4-11(8-15)12(7-9)14(18)13(17)5-6-19-10(2)16/h3-4,7-8,13-14,17-18H,5-6H2,1-2H3. The SMILES string of the molecule is CC(=O)SCCC(O)C(O)c1cc(C)ccc1C=O. The molecule has 0 radical (unpaired) electrons. The molecule has 0 saturated carbocycles. The van der Waals surface area contributed by atoms with Gasteiger partial charge >= 0.3 is 0 Å². The smallest absolute Gasteiger partial charge is 0.185 e. The van der Waals surface area contributed by atoms with Crippen LogP contribution in [0.25, 0.3) is 0 Å². The Bertz CT molecular complexity index is 459. The fourth-order valence-corrected chi connectivity index (χ4v) is 2.39. The van der Waals surface area contributed by atoms with Crippen molar-refractivity contribution in [1.29, 1.82) is 0 Å². The van der Waals surface area contributed by atoms with Crippen LogP contribution in [-0.2, 0) is 4.79 Å². The topological polar surface area (TPSA) is 74.6 Å². The van der Waals surface area contributed by atoms with Gasteiger partial charge in [-0.1, -0.05) is 35.5 Å². The number of aryl methyl sites for hydroxylation is 1. The zero-order valence-corrected chi connectivity index (χ0v) is 11.8. The number of aliphatic hydroxyl groups excluding tert-OH is 2. The summed E-state index contributed by atoms with van der Waals surface area (Å²) >= 11 is 1.11. The molecule has 0 aliphatic carbocycles. The third-order valence-electron chi connectivity index (χ3n) is 2.77. The van der Waals surface area contributed by atoms with Crippen molar-refractivity contribution < 1.29 is 19.8 Å². The largest absolute Gasteiger partial charge is 0.390 e. The highest BCUT2D eigenvalue weighted by Gasteiger charge is 2.21. The van der Waals surface area contributed by atoms with E-state index in [9.17, 15) is 19.8 Å². The minimum atomic E-state index is -1.12. The second kappa shape index (κ2) is 7.43. The zero-order chi connectivity index (χ0) is 14.4. The maximum absolute atomic E-state index is 10.9. The van der Waals surface area contributed by atoms with Crippen molar-refractivity contribution >= 4 is 23.2 Å². The van der Waals surface area contributed by atoms with E-state index in [4.69, 9.17) is 0 Å². The molecule has 0 heterocycles. The lowest BCUT2D eigenvalue weighted by Gasteiger charge is -2.19. The van der Waals surface area contributed by atoms with Crippen LogP contribution in [0.3, 0.4) is 0 Å². The van der Waals surface area contributed by atoms with E-state index < -0.39 is 12.2 Å². The van der Waals surface area contributed by atoms with Crippen molar-refractivity contribution in [1.82, 2.24) is 0 Å². The summed E-state index contributed by atoms with van der Waals surface area (Å²) in [6.07, 6.45) is -1.16. The van der Waals surface area contributed by atoms with Gasteiger partial charge in [0.05, 0.1) is 6.10 Å². The number of rotatable bonds is 6. The first-order valence-corrected chi connectivity index (χ1v) is 6.99. The van der Waals surface area contributed by atoms with Crippen LogP contribution in [0.15, 0.2) is 18.2 Å². The summed E-state index contributed by atoms with van der Waals surface area (Å²) in [4.78, 5) is 21.7. The molecular formula is C14H18O4S. The number of carbonyl (C=O) groups excluding carboxylic acids is 2. The maximum atomic E-state index is 10.9. The fourth-order valence-electron chi connectivity index (χ4n) is 1.75. The van der Waals surface area contributed by atoms with Crippen molar-refractivity contribution in [2.75, 3.05) is 5.75 Å². The molecule has 1 rings (SSSR count). The Morgan fingerprint density at radius 3 is 2.68 bits per heavy atom. The van der Waals surface area contributed by atoms with Crippen LogP contribution in [0.2, 0.25) is 0 Å². The number of aldehydes is 1. The highest BCUT2D eigenvalue weighted by atomic mass is 32.2. The highest BCUT2D eigenvalue weighted by Crippen LogP contribution is 2.24. The summed E-state index contributed by atoms with van der Waals surface area (Å²) < 4.78 is 0. The lowest BCUT2D eigenvalue weighted by molar-refractivity contribution is -0.109. The summed E-state index contributed by atoms with van der Waals surface area (Å²) in [7, 11) is 0. The Balaban J connectivity index is 2.75. The van der Waals surface area contributed by atoms with Gasteiger partial charge in [-0.25, -0.2) is 0 Å². The minimum Gasteiger partial charge on any atom is -0.390 e. The summed E-state index contributed by atoms with van der Waals surface area (Å²) in [5, 5.41) is 20.0. The maximum Gasteiger partial charge on any atom is 0.185 e. The molecule has 104 valence electrons. The first-order chi connectivity index (χ1) is 8.95. The van der Waals surface area contributed by atoms with Gasteiger partial charge in [-0.2, -0.15) is 0 Å². The van der Waals surface area contributed by atoms with E-state index >= 15 is 0 Å². The highest BCUT2D eigenvalue weighted by molar-refractivity contribution is 8.13. The predicted molar refractivity (Wildman–Crippen MR) is 75.3 cm³/mol. The normalized spacial score (nSPS) is 13.9. The Kier molecular flexibility index (Phi) is 6.21. The molecule has 0 aliphatic heterocycles. The number of carbonyl (C=O) groups is 2. The van der Waals surface area contributed by atoms with Crippen molar-refractivity contribution in [3.05, 3.63) is 34.9 Å². The summed E-state index contributed by atoms with van der Waals surface area (Å²) in [6.45, 7) is 3.31. The average Bonchev–Trinajstić information content (AvgIpc) is 2.37. The lowest BCUT2D eigenvalue weighted by atomic mass is 9.96. The molecule has 0 aliphatic rings. The fraction of sp³-hybridized carbons (Fsp3) is 0.429. The number of aliphatic hydroxyl groups is 2. The zero-order valence-electron chi connectivity index (χ0n) is 11.0. The number of thioether (sulfide) groups is 1. The predicted octanol–water partition coefficient (Wildman–Crippen LogP) is 1.87. The van der Waals surface area contributed by atoms with Crippen LogP contribution in [-0.4, -0.2) is 33.5 Å². The average molecular weight is 282 g/mol. The summed E-state index contributed by atoms with van der Waals surface area (Å²) in [5.41, 5.74) is 1.71. The molecule has 0 spiro atoms. The van der Waals surface area contributed by atoms with E-state index in [1.54, 1.807) is 18.2 Å². The van der Waals surface area contributed by atoms with Crippen LogP contribution in [0.4, 0.5) is 0 Å². The van der Waals surface area contributed by atoms with Gasteiger partial charge in [0.15, 0.2) is 5.12 Å². The number of benzene rings is 1. The van der Waals surface area contributed by atoms with Crippen molar-refractivity contribution in [3.8, 4) is 0 Å². The van der Waals surface area contributed by atoms with Gasteiger partial charge in [-0.15, -0.1) is 0 Å². The van der Waals surface area contributed by atoms with Gasteiger partial charge in [-0.05, 0) is 18.9 Å². The Hall–Kier alpha value is -1.17. The minimum absolute atomic E-state index is 0.0224. The molecule has 2 unspecified atom stereocenters. The molecule has 1 aromatic carbocycles. The quantitative estimate of drug-likeness (QED) is 0.779. The van der Waals surface area contributed by atoms with Crippen LogP contribution in [0.5, 0.6) is 0 Å². The molecule has 2 N–H and O–H groups in total. The van der Waals surface area contributed by atoms with Crippen molar-refractivity contribution in [2.45, 2.75) is 32.5 Å². The monoisotopic (exact) mass is 282 g/mol. The van der Waals surface area contributed by atoms with E-state index in [1.165, 1.54) is 6.92 Å². The summed E-state index contributed by atoms with van der Waals surface area (Å²) in [5.74, 6) is 0.440. The first-order valence-electron chi connectivity index (χ1n) is 6.01. The molecular weight excluding hydrogens is 264 g/mol. The van der Waals surface area contributed by atoms with Crippen LogP contribution in [0.1, 0.15) is 40.9 Å². The molecule has 5 heteroatoms. The van der Waals surface area contributed by atoms with Gasteiger partial charge in [-0.3, -0.25) is 9.59 Å². The number of hydrogen-bond acceptors (Lipinski definition) is 5. The Morgan fingerprint density at radius 2 is 2.11 bits per heavy atom. The molecule has 0 aromatic heterocycles. The Morgan fingerprint density at radius 1 is 1.42 bits per heavy atom. The van der Waals surface area contributed by atoms with E-state index in [-0.39, 0.29) is 11.5 Å². The van der Waals surface area contributed by atoms with E-state index in [1.807, 2.05) is 6.92 Å². The molecule has 19 heavy (non-hydrogen) atoms. The first kappa shape index (κ1) is 15.9. The lowest BCUT2D eigenvalue weighted by Crippen LogP contribution is -2.20. The molecule has 4 nitrogen and oxygen atoms in total. The second-order valence-electron chi connectivity index (χ2n) is 4.39. The second-order valence-corrected chi connectivity index (χ2v) is 5.66. The van der Waals surface area contributed by atoms with E-state index in [2.05, 4.69) is 0 Å². The third-order valence-corrected chi connectivity index (χ3v) is 3.62. The van der Waals surface area contributed by atoms with Gasteiger partial charge < -0.3 is 10.2 Å². The van der Waals surface area contributed by atoms with Gasteiger partial charge in [0.1, 0.15) is 12.4 Å². The van der Waals surface area contributed by atoms with Gasteiger partial charge in [0.2, 0.25) is 0 Å². The molecule has 1 aromatic rings. The van der Waals surface area contributed by atoms with Gasteiger partial charge in [0.25, 0.3) is 0 Å². The van der Waals surface area contributed by atoms with Crippen LogP contribution < -0.4 is 0 Å². The van der Waals surface area contributed by atoms with E-state index in [0.29, 0.717) is 23.2 Å². The van der Waals surface area contributed by atoms with Gasteiger partial charge in [0, 0.05) is 18.2 Å². The van der Waals surface area contributed by atoms with Crippen LogP contribution >= 0.6 is 11.8 Å². The van der Waals surface area contributed by atoms with Crippen molar-refractivity contribution in [2.24, 2.45) is 0 Å². The summed E-state index contributed by atoms with van der Waals surface area (Å²) in [6, 6.07) is 5.09. The van der Waals surface area contributed by atoms with Crippen molar-refractivity contribution in [3.63, 3.8) is 0 Å². The molecule has 0 saturated heterocycles. The molecule has 2 atom stereocenters. The third kappa shape index (κ3) is 4.78. The Labute approximate surface area is 116 Å².